The fourth-order valence-corrected chi connectivity index (χ4v) is 2.64. The maximum Gasteiger partial charge on any atom is 0.278 e. The van der Waals surface area contributed by atoms with Gasteiger partial charge < -0.3 is 4.42 Å². The van der Waals surface area contributed by atoms with Gasteiger partial charge in [0.1, 0.15) is 11.4 Å². The van der Waals surface area contributed by atoms with E-state index in [-0.39, 0.29) is 5.56 Å². The van der Waals surface area contributed by atoms with Crippen molar-refractivity contribution in [2.24, 2.45) is 0 Å². The Balaban J connectivity index is 1.56. The van der Waals surface area contributed by atoms with Gasteiger partial charge in [-0.1, -0.05) is 17.3 Å². The van der Waals surface area contributed by atoms with Crippen LogP contribution in [0.2, 0.25) is 0 Å². The Bertz CT molecular complexity index is 855. The summed E-state index contributed by atoms with van der Waals surface area (Å²) in [5, 5.41) is 16.9. The normalized spacial score (nSPS) is 14.7. The molecule has 0 bridgehead atoms. The topological polar surface area (TPSA) is 86.7 Å². The van der Waals surface area contributed by atoms with E-state index < -0.39 is 0 Å². The molecule has 2 heterocycles. The van der Waals surface area contributed by atoms with Gasteiger partial charge in [0.2, 0.25) is 5.89 Å². The molecule has 2 aromatic heterocycles. The largest absolute Gasteiger partial charge is 0.416 e. The molecule has 3 aromatic rings. The minimum Gasteiger partial charge on any atom is -0.416 e. The van der Waals surface area contributed by atoms with E-state index in [1.54, 1.807) is 12.1 Å². The molecule has 0 N–H and O–H groups in total. The molecule has 7 nitrogen and oxygen atoms in total. The number of thioether (sulfide) groups is 1. The van der Waals surface area contributed by atoms with Crippen LogP contribution in [0.3, 0.4) is 0 Å². The van der Waals surface area contributed by atoms with Crippen LogP contribution in [-0.2, 0) is 5.88 Å². The standard InChI is InChI=1S/C13H11N5O2S/c19-12-9-3-1-2-4-10(9)14-17-18(12)7-21-13-16-15-11(20-13)8-5-6-8/h1-4,8H,5-7H2. The molecule has 0 radical (unpaired) electrons. The molecule has 106 valence electrons. The molecule has 21 heavy (non-hydrogen) atoms. The summed E-state index contributed by atoms with van der Waals surface area (Å²) in [4.78, 5) is 12.3. The maximum absolute atomic E-state index is 12.3. The van der Waals surface area contributed by atoms with Gasteiger partial charge in [-0.15, -0.1) is 15.3 Å². The van der Waals surface area contributed by atoms with Crippen molar-refractivity contribution in [1.82, 2.24) is 25.2 Å². The molecule has 8 heteroatoms. The summed E-state index contributed by atoms with van der Waals surface area (Å²) in [5.74, 6) is 1.41. The van der Waals surface area contributed by atoms with Gasteiger partial charge in [-0.2, -0.15) is 4.68 Å². The van der Waals surface area contributed by atoms with Gasteiger partial charge in [0, 0.05) is 5.92 Å². The van der Waals surface area contributed by atoms with Gasteiger partial charge in [-0.25, -0.2) is 0 Å². The third-order valence-corrected chi connectivity index (χ3v) is 4.07. The minimum atomic E-state index is -0.171. The molecule has 1 aliphatic carbocycles. The second-order valence-corrected chi connectivity index (χ2v) is 5.76. The van der Waals surface area contributed by atoms with Crippen molar-refractivity contribution in [3.8, 4) is 0 Å². The van der Waals surface area contributed by atoms with Gasteiger partial charge in [0.25, 0.3) is 10.8 Å². The lowest BCUT2D eigenvalue weighted by molar-refractivity contribution is 0.413. The molecule has 1 fully saturated rings. The number of hydrogen-bond donors (Lipinski definition) is 0. The molecule has 1 aromatic carbocycles. The van der Waals surface area contributed by atoms with Crippen molar-refractivity contribution in [3.05, 3.63) is 40.5 Å². The van der Waals surface area contributed by atoms with E-state index in [4.69, 9.17) is 4.42 Å². The lowest BCUT2D eigenvalue weighted by Gasteiger charge is -2.02. The summed E-state index contributed by atoms with van der Waals surface area (Å²) in [5.41, 5.74) is 0.424. The maximum atomic E-state index is 12.3. The van der Waals surface area contributed by atoms with E-state index in [0.29, 0.717) is 33.8 Å². The Morgan fingerprint density at radius 2 is 2.10 bits per heavy atom. The van der Waals surface area contributed by atoms with Crippen LogP contribution in [0.5, 0.6) is 0 Å². The van der Waals surface area contributed by atoms with Crippen molar-refractivity contribution < 1.29 is 4.42 Å². The highest BCUT2D eigenvalue weighted by Crippen LogP contribution is 2.39. The van der Waals surface area contributed by atoms with Crippen LogP contribution in [0.1, 0.15) is 24.7 Å². The molecule has 0 spiro atoms. The van der Waals surface area contributed by atoms with Gasteiger partial charge in [0.15, 0.2) is 0 Å². The smallest absolute Gasteiger partial charge is 0.278 e. The Morgan fingerprint density at radius 1 is 1.24 bits per heavy atom. The molecular formula is C13H11N5O2S. The summed E-state index contributed by atoms with van der Waals surface area (Å²) >= 11 is 1.28. The summed E-state index contributed by atoms with van der Waals surface area (Å²) < 4.78 is 6.83. The van der Waals surface area contributed by atoms with Crippen molar-refractivity contribution >= 4 is 22.7 Å². The molecule has 0 unspecified atom stereocenters. The quantitative estimate of drug-likeness (QED) is 0.679. The van der Waals surface area contributed by atoms with Crippen molar-refractivity contribution in [3.63, 3.8) is 0 Å². The average Bonchev–Trinajstić information content (AvgIpc) is 3.26. The predicted molar refractivity (Wildman–Crippen MR) is 75.9 cm³/mol. The highest BCUT2D eigenvalue weighted by molar-refractivity contribution is 7.98. The Labute approximate surface area is 123 Å². The van der Waals surface area contributed by atoms with Crippen LogP contribution >= 0.6 is 11.8 Å². The van der Waals surface area contributed by atoms with E-state index in [0.717, 1.165) is 12.8 Å². The molecule has 0 saturated heterocycles. The SMILES string of the molecule is O=c1c2ccccc2nnn1CSc1nnc(C2CC2)o1. The van der Waals surface area contributed by atoms with Crippen LogP contribution in [0.4, 0.5) is 0 Å². The highest BCUT2D eigenvalue weighted by atomic mass is 32.2. The number of benzene rings is 1. The first-order valence-corrected chi connectivity index (χ1v) is 7.58. The molecule has 0 atom stereocenters. The fourth-order valence-electron chi connectivity index (χ4n) is 2.00. The minimum absolute atomic E-state index is 0.171. The Kier molecular flexibility index (Phi) is 2.95. The highest BCUT2D eigenvalue weighted by Gasteiger charge is 2.29. The molecule has 0 aliphatic heterocycles. The number of rotatable bonds is 4. The molecule has 1 saturated carbocycles. The van der Waals surface area contributed by atoms with Crippen molar-refractivity contribution in [2.75, 3.05) is 0 Å². The summed E-state index contributed by atoms with van der Waals surface area (Å²) in [6.07, 6.45) is 2.23. The molecular weight excluding hydrogens is 290 g/mol. The van der Waals surface area contributed by atoms with E-state index in [2.05, 4.69) is 20.5 Å². The number of hydrogen-bond acceptors (Lipinski definition) is 7. The van der Waals surface area contributed by atoms with E-state index in [1.807, 2.05) is 12.1 Å². The van der Waals surface area contributed by atoms with Gasteiger partial charge >= 0.3 is 0 Å². The van der Waals surface area contributed by atoms with Crippen LogP contribution in [0.25, 0.3) is 10.9 Å². The first-order valence-electron chi connectivity index (χ1n) is 6.60. The van der Waals surface area contributed by atoms with Gasteiger partial charge in [-0.05, 0) is 36.7 Å². The zero-order valence-electron chi connectivity index (χ0n) is 11.0. The van der Waals surface area contributed by atoms with E-state index in [1.165, 1.54) is 16.4 Å². The summed E-state index contributed by atoms with van der Waals surface area (Å²) in [6.45, 7) is 0. The van der Waals surface area contributed by atoms with Crippen molar-refractivity contribution in [2.45, 2.75) is 29.9 Å². The first-order chi connectivity index (χ1) is 10.3. The summed E-state index contributed by atoms with van der Waals surface area (Å²) in [7, 11) is 0. The third-order valence-electron chi connectivity index (χ3n) is 3.29. The Hall–Kier alpha value is -2.22. The summed E-state index contributed by atoms with van der Waals surface area (Å²) in [6, 6.07) is 7.14. The Morgan fingerprint density at radius 3 is 2.95 bits per heavy atom. The van der Waals surface area contributed by atoms with Crippen LogP contribution in [-0.4, -0.2) is 25.2 Å². The molecule has 4 rings (SSSR count). The average molecular weight is 301 g/mol. The van der Waals surface area contributed by atoms with E-state index in [9.17, 15) is 4.79 Å². The number of nitrogens with zero attached hydrogens (tertiary/aromatic N) is 5. The third kappa shape index (κ3) is 2.42. The molecule has 0 amide bonds. The first kappa shape index (κ1) is 12.5. The van der Waals surface area contributed by atoms with Crippen LogP contribution < -0.4 is 5.56 Å². The predicted octanol–water partition coefficient (Wildman–Crippen LogP) is 1.80. The second-order valence-electron chi connectivity index (χ2n) is 4.87. The second kappa shape index (κ2) is 4.96. The van der Waals surface area contributed by atoms with Gasteiger partial charge in [0.05, 0.1) is 5.39 Å². The number of fused-ring (bicyclic) bond motifs is 1. The monoisotopic (exact) mass is 301 g/mol. The van der Waals surface area contributed by atoms with E-state index >= 15 is 0 Å². The number of aromatic nitrogens is 5. The zero-order chi connectivity index (χ0) is 14.2. The molecule has 1 aliphatic rings. The van der Waals surface area contributed by atoms with Crippen LogP contribution in [0.15, 0.2) is 38.7 Å². The zero-order valence-corrected chi connectivity index (χ0v) is 11.8. The van der Waals surface area contributed by atoms with Crippen LogP contribution in [0, 0.1) is 0 Å². The fraction of sp³-hybridized carbons (Fsp3) is 0.308. The van der Waals surface area contributed by atoms with Crippen molar-refractivity contribution in [1.29, 1.82) is 0 Å². The van der Waals surface area contributed by atoms with Gasteiger partial charge in [-0.3, -0.25) is 4.79 Å². The lowest BCUT2D eigenvalue weighted by Crippen LogP contribution is -2.23. The lowest BCUT2D eigenvalue weighted by atomic mass is 10.2.